The van der Waals surface area contributed by atoms with Crippen LogP contribution in [-0.4, -0.2) is 4.98 Å². The minimum absolute atomic E-state index is 0.763. The first-order valence-electron chi connectivity index (χ1n) is 12.7. The zero-order chi connectivity index (χ0) is 25.3. The van der Waals surface area contributed by atoms with Gasteiger partial charge in [0.05, 0.1) is 0 Å². The molecule has 0 saturated heterocycles. The minimum Gasteiger partial charge on any atom is -0.452 e. The smallest absolute Gasteiger partial charge is 0.181 e. The van der Waals surface area contributed by atoms with Crippen LogP contribution >= 0.6 is 0 Å². The Kier molecular flexibility index (Phi) is 5.45. The van der Waals surface area contributed by atoms with Crippen LogP contribution in [0, 0.1) is 0 Å². The molecule has 0 saturated carbocycles. The Balaban J connectivity index is 1.39. The monoisotopic (exact) mass is 488 g/mol. The van der Waals surface area contributed by atoms with E-state index < -0.39 is 0 Å². The molecule has 0 amide bonds. The molecule has 3 nitrogen and oxygen atoms in total. The Morgan fingerprint density at radius 3 is 1.53 bits per heavy atom. The molecule has 7 aromatic rings. The Labute approximate surface area is 221 Å². The van der Waals surface area contributed by atoms with Crippen molar-refractivity contribution >= 4 is 39.1 Å². The lowest BCUT2D eigenvalue weighted by Gasteiger charge is -2.24. The van der Waals surface area contributed by atoms with Gasteiger partial charge in [-0.05, 0) is 58.7 Å². The van der Waals surface area contributed by atoms with Gasteiger partial charge in [-0.1, -0.05) is 103 Å². The predicted octanol–water partition coefficient (Wildman–Crippen LogP) is 9.78. The molecule has 0 atom stereocenters. The number of nitrogens with zero attached hydrogens (tertiary/aromatic N) is 2. The number of pyridine rings is 1. The molecule has 5 aromatic carbocycles. The maximum Gasteiger partial charge on any atom is 0.181 e. The van der Waals surface area contributed by atoms with Crippen molar-refractivity contribution in [3.8, 4) is 22.3 Å². The number of rotatable bonds is 5. The standard InChI is InChI=1S/C35H24N2O/c1-3-9-25(10-4-1)27-15-19-29(20-16-27)37(30-21-17-28(18-22-30)26-11-5-2-6-12-26)35-34-32(23-24-36-35)31-13-7-8-14-33(31)38-34/h1-24H. The SMILES string of the molecule is c1ccc(-c2ccc(N(c3ccc(-c4ccccc4)cc3)c3nccc4c3oc3ccccc34)cc2)cc1. The fourth-order valence-corrected chi connectivity index (χ4v) is 5.06. The second-order valence-electron chi connectivity index (χ2n) is 9.27. The third kappa shape index (κ3) is 3.91. The Hall–Kier alpha value is -5.15. The number of hydrogen-bond donors (Lipinski definition) is 0. The van der Waals surface area contributed by atoms with Crippen LogP contribution in [0.2, 0.25) is 0 Å². The van der Waals surface area contributed by atoms with Crippen LogP contribution in [0.4, 0.5) is 17.2 Å². The van der Waals surface area contributed by atoms with Gasteiger partial charge in [0.1, 0.15) is 5.58 Å². The molecule has 180 valence electrons. The van der Waals surface area contributed by atoms with E-state index in [1.54, 1.807) is 0 Å². The number of hydrogen-bond acceptors (Lipinski definition) is 3. The van der Waals surface area contributed by atoms with Crippen molar-refractivity contribution in [2.45, 2.75) is 0 Å². The summed E-state index contributed by atoms with van der Waals surface area (Å²) in [5, 5.41) is 2.14. The molecule has 0 spiro atoms. The Morgan fingerprint density at radius 1 is 0.447 bits per heavy atom. The fraction of sp³-hybridized carbons (Fsp3) is 0. The summed E-state index contributed by atoms with van der Waals surface area (Å²) in [6.45, 7) is 0. The van der Waals surface area contributed by atoms with Gasteiger partial charge in [0, 0.05) is 28.3 Å². The summed E-state index contributed by atoms with van der Waals surface area (Å²) >= 11 is 0. The van der Waals surface area contributed by atoms with Crippen LogP contribution in [0.25, 0.3) is 44.2 Å². The van der Waals surface area contributed by atoms with E-state index in [0.717, 1.165) is 39.1 Å². The van der Waals surface area contributed by atoms with Gasteiger partial charge < -0.3 is 4.42 Å². The van der Waals surface area contributed by atoms with E-state index in [2.05, 4.69) is 108 Å². The second-order valence-corrected chi connectivity index (χ2v) is 9.27. The number of anilines is 3. The molecule has 0 radical (unpaired) electrons. The molecule has 0 fully saturated rings. The lowest BCUT2D eigenvalue weighted by molar-refractivity contribution is 0.667. The molecule has 0 aliphatic carbocycles. The molecule has 3 heteroatoms. The lowest BCUT2D eigenvalue weighted by Crippen LogP contribution is -2.11. The van der Waals surface area contributed by atoms with Crippen molar-refractivity contribution in [3.05, 3.63) is 146 Å². The Morgan fingerprint density at radius 2 is 0.947 bits per heavy atom. The summed E-state index contributed by atoms with van der Waals surface area (Å²) in [6, 6.07) is 48.3. The molecule has 0 aliphatic rings. The van der Waals surface area contributed by atoms with Gasteiger partial charge in [0.2, 0.25) is 0 Å². The second kappa shape index (κ2) is 9.38. The molecule has 0 aliphatic heterocycles. The first-order valence-corrected chi connectivity index (χ1v) is 12.7. The summed E-state index contributed by atoms with van der Waals surface area (Å²) in [5.41, 5.74) is 8.37. The van der Waals surface area contributed by atoms with Gasteiger partial charge in [-0.15, -0.1) is 0 Å². The van der Waals surface area contributed by atoms with Crippen LogP contribution in [0.15, 0.2) is 150 Å². The normalized spacial score (nSPS) is 11.2. The van der Waals surface area contributed by atoms with E-state index in [9.17, 15) is 0 Å². The summed E-state index contributed by atoms with van der Waals surface area (Å²) < 4.78 is 6.39. The van der Waals surface area contributed by atoms with Crippen LogP contribution in [0.3, 0.4) is 0 Å². The highest BCUT2D eigenvalue weighted by molar-refractivity contribution is 6.09. The molecular weight excluding hydrogens is 464 g/mol. The number of para-hydroxylation sites is 1. The summed E-state index contributed by atoms with van der Waals surface area (Å²) in [4.78, 5) is 7.02. The maximum absolute atomic E-state index is 6.39. The van der Waals surface area contributed by atoms with E-state index in [-0.39, 0.29) is 0 Å². The van der Waals surface area contributed by atoms with Crippen LogP contribution in [-0.2, 0) is 0 Å². The maximum atomic E-state index is 6.39. The third-order valence-electron chi connectivity index (χ3n) is 6.95. The molecule has 0 unspecified atom stereocenters. The Bertz CT molecular complexity index is 1760. The van der Waals surface area contributed by atoms with E-state index in [1.165, 1.54) is 22.3 Å². The van der Waals surface area contributed by atoms with Crippen molar-refractivity contribution in [1.82, 2.24) is 4.98 Å². The number of benzene rings is 5. The molecule has 0 N–H and O–H groups in total. The van der Waals surface area contributed by atoms with Crippen molar-refractivity contribution in [2.75, 3.05) is 4.90 Å². The van der Waals surface area contributed by atoms with Crippen LogP contribution < -0.4 is 4.90 Å². The summed E-state index contributed by atoms with van der Waals surface area (Å²) in [7, 11) is 0. The predicted molar refractivity (Wildman–Crippen MR) is 157 cm³/mol. The highest BCUT2D eigenvalue weighted by Gasteiger charge is 2.20. The van der Waals surface area contributed by atoms with Crippen LogP contribution in [0.5, 0.6) is 0 Å². The number of fused-ring (bicyclic) bond motifs is 3. The van der Waals surface area contributed by atoms with E-state index >= 15 is 0 Å². The van der Waals surface area contributed by atoms with Gasteiger partial charge in [-0.3, -0.25) is 4.90 Å². The van der Waals surface area contributed by atoms with Gasteiger partial charge in [0.15, 0.2) is 11.4 Å². The van der Waals surface area contributed by atoms with Crippen molar-refractivity contribution in [3.63, 3.8) is 0 Å². The fourth-order valence-electron chi connectivity index (χ4n) is 5.06. The zero-order valence-corrected chi connectivity index (χ0v) is 20.7. The highest BCUT2D eigenvalue weighted by atomic mass is 16.3. The van der Waals surface area contributed by atoms with Crippen molar-refractivity contribution < 1.29 is 4.42 Å². The van der Waals surface area contributed by atoms with E-state index in [0.29, 0.717) is 0 Å². The van der Waals surface area contributed by atoms with Crippen molar-refractivity contribution in [1.29, 1.82) is 0 Å². The molecule has 2 heterocycles. The number of furan rings is 1. The average Bonchev–Trinajstić information content (AvgIpc) is 3.39. The topological polar surface area (TPSA) is 29.3 Å². The molecular formula is C35H24N2O. The molecule has 2 aromatic heterocycles. The zero-order valence-electron chi connectivity index (χ0n) is 20.7. The first kappa shape index (κ1) is 22.1. The summed E-state index contributed by atoms with van der Waals surface area (Å²) in [5.74, 6) is 0.763. The van der Waals surface area contributed by atoms with Crippen LogP contribution in [0.1, 0.15) is 0 Å². The quantitative estimate of drug-likeness (QED) is 0.241. The van der Waals surface area contributed by atoms with Gasteiger partial charge in [0.25, 0.3) is 0 Å². The number of aromatic nitrogens is 1. The molecule has 7 rings (SSSR count). The van der Waals surface area contributed by atoms with Gasteiger partial charge >= 0.3 is 0 Å². The highest BCUT2D eigenvalue weighted by Crippen LogP contribution is 2.41. The van der Waals surface area contributed by atoms with Crippen molar-refractivity contribution in [2.24, 2.45) is 0 Å². The first-order chi connectivity index (χ1) is 18.8. The third-order valence-corrected chi connectivity index (χ3v) is 6.95. The molecule has 0 bridgehead atoms. The lowest BCUT2D eigenvalue weighted by atomic mass is 10.0. The van der Waals surface area contributed by atoms with E-state index in [1.807, 2.05) is 42.6 Å². The minimum atomic E-state index is 0.763. The largest absolute Gasteiger partial charge is 0.452 e. The molecule has 38 heavy (non-hydrogen) atoms. The van der Waals surface area contributed by atoms with E-state index in [4.69, 9.17) is 9.40 Å². The van der Waals surface area contributed by atoms with Gasteiger partial charge in [-0.25, -0.2) is 4.98 Å². The summed E-state index contributed by atoms with van der Waals surface area (Å²) in [6.07, 6.45) is 1.86. The average molecular weight is 489 g/mol. The van der Waals surface area contributed by atoms with Gasteiger partial charge in [-0.2, -0.15) is 0 Å².